The molecule has 0 fully saturated rings. The number of aryl methyl sites for hydroxylation is 2. The third-order valence-corrected chi connectivity index (χ3v) is 2.99. The molecule has 0 aliphatic carbocycles. The quantitative estimate of drug-likeness (QED) is 0.771. The number of aromatic nitrogens is 1. The summed E-state index contributed by atoms with van der Waals surface area (Å²) in [5.41, 5.74) is 2.50. The van der Waals surface area contributed by atoms with E-state index in [0.29, 0.717) is 0 Å². The van der Waals surface area contributed by atoms with Gasteiger partial charge < -0.3 is 0 Å². The summed E-state index contributed by atoms with van der Waals surface area (Å²) in [6, 6.07) is 2.23. The fourth-order valence-electron chi connectivity index (χ4n) is 1.06. The maximum atomic E-state index is 4.32. The van der Waals surface area contributed by atoms with E-state index in [1.165, 1.54) is 28.4 Å². The van der Waals surface area contributed by atoms with Crippen molar-refractivity contribution >= 4 is 22.6 Å². The van der Waals surface area contributed by atoms with E-state index < -0.39 is 0 Å². The van der Waals surface area contributed by atoms with Crippen molar-refractivity contribution in [1.82, 2.24) is 4.98 Å². The molecular weight excluding hydrogens is 261 g/mol. The minimum atomic E-state index is 1.14. The van der Waals surface area contributed by atoms with Crippen molar-refractivity contribution < 1.29 is 0 Å². The van der Waals surface area contributed by atoms with Crippen LogP contribution >= 0.6 is 22.6 Å². The number of hydrogen-bond donors (Lipinski definition) is 0. The summed E-state index contributed by atoms with van der Waals surface area (Å²) < 4.78 is 1.28. The Morgan fingerprint density at radius 3 is 2.83 bits per heavy atom. The highest BCUT2D eigenvalue weighted by Crippen LogP contribution is 2.12. The van der Waals surface area contributed by atoms with Gasteiger partial charge in [0.15, 0.2) is 0 Å². The monoisotopic (exact) mass is 275 g/mol. The molecule has 12 heavy (non-hydrogen) atoms. The Morgan fingerprint density at radius 2 is 2.25 bits per heavy atom. The van der Waals surface area contributed by atoms with Crippen LogP contribution in [0.25, 0.3) is 0 Å². The molecule has 1 nitrogen and oxygen atoms in total. The molecule has 1 aromatic heterocycles. The van der Waals surface area contributed by atoms with Crippen LogP contribution in [-0.4, -0.2) is 4.98 Å². The van der Waals surface area contributed by atoms with Crippen LogP contribution in [0.15, 0.2) is 12.3 Å². The van der Waals surface area contributed by atoms with E-state index >= 15 is 0 Å². The van der Waals surface area contributed by atoms with Gasteiger partial charge in [-0.25, -0.2) is 0 Å². The molecule has 0 N–H and O–H groups in total. The number of halogens is 1. The molecule has 0 unspecified atom stereocenters. The van der Waals surface area contributed by atoms with Crippen molar-refractivity contribution in [3.63, 3.8) is 0 Å². The highest BCUT2D eigenvalue weighted by atomic mass is 127. The van der Waals surface area contributed by atoms with Crippen LogP contribution in [0.3, 0.4) is 0 Å². The Labute approximate surface area is 87.7 Å². The van der Waals surface area contributed by atoms with Crippen molar-refractivity contribution in [2.45, 2.75) is 33.1 Å². The lowest BCUT2D eigenvalue weighted by atomic mass is 10.1. The van der Waals surface area contributed by atoms with E-state index in [1.807, 2.05) is 13.1 Å². The summed E-state index contributed by atoms with van der Waals surface area (Å²) >= 11 is 2.34. The molecule has 0 amide bonds. The van der Waals surface area contributed by atoms with Crippen LogP contribution in [0.1, 0.15) is 31.0 Å². The minimum Gasteiger partial charge on any atom is -0.260 e. The predicted octanol–water partition coefficient (Wildman–Crippen LogP) is 3.34. The van der Waals surface area contributed by atoms with Crippen LogP contribution in [0.5, 0.6) is 0 Å². The lowest BCUT2D eigenvalue weighted by Crippen LogP contribution is -1.91. The number of hydrogen-bond acceptors (Lipinski definition) is 1. The first-order valence-corrected chi connectivity index (χ1v) is 5.43. The Hall–Kier alpha value is -0.120. The number of rotatable bonds is 3. The molecule has 0 saturated heterocycles. The Bertz CT molecular complexity index is 258. The molecule has 0 saturated carbocycles. The van der Waals surface area contributed by atoms with Gasteiger partial charge in [0.1, 0.15) is 0 Å². The van der Waals surface area contributed by atoms with E-state index in [0.717, 1.165) is 5.69 Å². The number of unbranched alkanes of at least 4 members (excludes halogenated alkanes) is 1. The molecule has 66 valence electrons. The van der Waals surface area contributed by atoms with Gasteiger partial charge in [-0.05, 0) is 54.0 Å². The zero-order valence-electron chi connectivity index (χ0n) is 7.60. The molecule has 2 heteroatoms. The van der Waals surface area contributed by atoms with Crippen molar-refractivity contribution in [2.24, 2.45) is 0 Å². The van der Waals surface area contributed by atoms with Crippen molar-refractivity contribution in [2.75, 3.05) is 0 Å². The highest BCUT2D eigenvalue weighted by molar-refractivity contribution is 14.1. The lowest BCUT2D eigenvalue weighted by Gasteiger charge is -2.01. The molecule has 0 aliphatic rings. The Morgan fingerprint density at radius 1 is 1.50 bits per heavy atom. The van der Waals surface area contributed by atoms with Gasteiger partial charge in [-0.3, -0.25) is 4.98 Å². The van der Waals surface area contributed by atoms with Gasteiger partial charge in [0.25, 0.3) is 0 Å². The molecule has 1 aromatic rings. The van der Waals surface area contributed by atoms with Gasteiger partial charge >= 0.3 is 0 Å². The van der Waals surface area contributed by atoms with Crippen molar-refractivity contribution in [3.8, 4) is 0 Å². The van der Waals surface area contributed by atoms with E-state index in [9.17, 15) is 0 Å². The molecule has 1 rings (SSSR count). The molecular formula is C10H14IN. The first-order valence-electron chi connectivity index (χ1n) is 4.35. The zero-order chi connectivity index (χ0) is 8.97. The van der Waals surface area contributed by atoms with Gasteiger partial charge in [0.2, 0.25) is 0 Å². The van der Waals surface area contributed by atoms with Gasteiger partial charge in [-0.1, -0.05) is 13.3 Å². The summed E-state index contributed by atoms with van der Waals surface area (Å²) in [6.45, 7) is 4.26. The average molecular weight is 275 g/mol. The second-order valence-corrected chi connectivity index (χ2v) is 4.18. The summed E-state index contributed by atoms with van der Waals surface area (Å²) in [7, 11) is 0. The maximum absolute atomic E-state index is 4.32. The van der Waals surface area contributed by atoms with Crippen molar-refractivity contribution in [3.05, 3.63) is 27.1 Å². The number of nitrogens with zero attached hydrogens (tertiary/aromatic N) is 1. The maximum Gasteiger partial charge on any atom is 0.0506 e. The van der Waals surface area contributed by atoms with Gasteiger partial charge in [0, 0.05) is 9.77 Å². The molecule has 0 bridgehead atoms. The van der Waals surface area contributed by atoms with Gasteiger partial charge in [0.05, 0.1) is 5.69 Å². The predicted molar refractivity (Wildman–Crippen MR) is 60.3 cm³/mol. The van der Waals surface area contributed by atoms with Crippen LogP contribution < -0.4 is 0 Å². The number of pyridine rings is 1. The second kappa shape index (κ2) is 4.80. The van der Waals surface area contributed by atoms with Crippen LogP contribution in [0.4, 0.5) is 0 Å². The molecule has 0 radical (unpaired) electrons. The second-order valence-electron chi connectivity index (χ2n) is 3.01. The largest absolute Gasteiger partial charge is 0.260 e. The third-order valence-electron chi connectivity index (χ3n) is 1.90. The Balaban J connectivity index is 2.69. The van der Waals surface area contributed by atoms with Crippen LogP contribution in [0.2, 0.25) is 0 Å². The summed E-state index contributed by atoms with van der Waals surface area (Å²) in [6.07, 6.45) is 5.68. The van der Waals surface area contributed by atoms with Crippen molar-refractivity contribution in [1.29, 1.82) is 0 Å². The summed E-state index contributed by atoms with van der Waals surface area (Å²) in [5, 5.41) is 0. The highest BCUT2D eigenvalue weighted by Gasteiger charge is 1.97. The van der Waals surface area contributed by atoms with E-state index in [1.54, 1.807) is 0 Å². The normalized spacial score (nSPS) is 10.2. The summed E-state index contributed by atoms with van der Waals surface area (Å²) in [5.74, 6) is 0. The van der Waals surface area contributed by atoms with Gasteiger partial charge in [-0.2, -0.15) is 0 Å². The topological polar surface area (TPSA) is 12.9 Å². The minimum absolute atomic E-state index is 1.14. The van der Waals surface area contributed by atoms with Crippen LogP contribution in [-0.2, 0) is 6.42 Å². The average Bonchev–Trinajstić information content (AvgIpc) is 2.07. The fraction of sp³-hybridized carbons (Fsp3) is 0.500. The van der Waals surface area contributed by atoms with E-state index in [2.05, 4.69) is 40.6 Å². The van der Waals surface area contributed by atoms with Gasteiger partial charge in [-0.15, -0.1) is 0 Å². The standard InChI is InChI=1S/C10H14IN/c1-3-4-5-9-6-10(11)8(2)12-7-9/h6-7H,3-5H2,1-2H3. The van der Waals surface area contributed by atoms with E-state index in [-0.39, 0.29) is 0 Å². The summed E-state index contributed by atoms with van der Waals surface area (Å²) in [4.78, 5) is 4.32. The van der Waals surface area contributed by atoms with Crippen LogP contribution in [0, 0.1) is 10.5 Å². The SMILES string of the molecule is CCCCc1cnc(C)c(I)c1. The first-order chi connectivity index (χ1) is 5.74. The Kier molecular flexibility index (Phi) is 3.98. The molecule has 1 heterocycles. The smallest absolute Gasteiger partial charge is 0.0506 e. The third kappa shape index (κ3) is 2.73. The zero-order valence-corrected chi connectivity index (χ0v) is 9.76. The molecule has 0 aliphatic heterocycles. The first kappa shape index (κ1) is 9.96. The molecule has 0 aromatic carbocycles. The molecule has 0 spiro atoms. The van der Waals surface area contributed by atoms with E-state index in [4.69, 9.17) is 0 Å². The fourth-order valence-corrected chi connectivity index (χ4v) is 1.60. The molecule has 0 atom stereocenters. The lowest BCUT2D eigenvalue weighted by molar-refractivity contribution is 0.790.